The second kappa shape index (κ2) is 7.50. The van der Waals surface area contributed by atoms with E-state index in [2.05, 4.69) is 9.72 Å². The summed E-state index contributed by atoms with van der Waals surface area (Å²) in [6, 6.07) is 9.01. The van der Waals surface area contributed by atoms with Gasteiger partial charge in [0.1, 0.15) is 23.7 Å². The number of hydrogen-bond acceptors (Lipinski definition) is 6. The second-order valence-corrected chi connectivity index (χ2v) is 7.59. The van der Waals surface area contributed by atoms with E-state index in [4.69, 9.17) is 9.47 Å². The predicted molar refractivity (Wildman–Crippen MR) is 103 cm³/mol. The number of likely N-dealkylation sites (N-methyl/N-ethyl adjacent to an activating group) is 1. The van der Waals surface area contributed by atoms with E-state index in [-0.39, 0.29) is 17.8 Å². The van der Waals surface area contributed by atoms with Gasteiger partial charge in [0.15, 0.2) is 0 Å². The molecule has 0 fully saturated rings. The number of hydrogen-bond donors (Lipinski definition) is 0. The van der Waals surface area contributed by atoms with Crippen molar-refractivity contribution in [2.24, 2.45) is 0 Å². The van der Waals surface area contributed by atoms with Crippen LogP contribution in [0.4, 0.5) is 4.79 Å². The van der Waals surface area contributed by atoms with Gasteiger partial charge in [-0.05, 0) is 38.5 Å². The van der Waals surface area contributed by atoms with Crippen LogP contribution in [0.2, 0.25) is 0 Å². The van der Waals surface area contributed by atoms with Gasteiger partial charge in [-0.2, -0.15) is 0 Å². The smallest absolute Gasteiger partial charge is 0.410 e. The molecule has 0 saturated carbocycles. The van der Waals surface area contributed by atoms with Crippen LogP contribution in [-0.2, 0) is 9.47 Å². The molecular formula is C21H24N2O5. The Morgan fingerprint density at radius 3 is 2.50 bits per heavy atom. The lowest BCUT2D eigenvalue weighted by Gasteiger charge is -2.28. The Labute approximate surface area is 164 Å². The molecule has 0 saturated heterocycles. The van der Waals surface area contributed by atoms with Gasteiger partial charge in [0.05, 0.1) is 13.2 Å². The number of ether oxygens (including phenoxy) is 3. The summed E-state index contributed by atoms with van der Waals surface area (Å²) in [5.74, 6) is 0.242. The van der Waals surface area contributed by atoms with E-state index < -0.39 is 11.6 Å². The maximum absolute atomic E-state index is 12.4. The fraction of sp³-hybridized carbons (Fsp3) is 0.381. The minimum Gasteiger partial charge on any atom is -0.491 e. The first kappa shape index (κ1) is 19.7. The Morgan fingerprint density at radius 2 is 1.89 bits per heavy atom. The third-order valence-electron chi connectivity index (χ3n) is 4.41. The van der Waals surface area contributed by atoms with Gasteiger partial charge in [0.25, 0.3) is 0 Å². The number of rotatable bonds is 3. The van der Waals surface area contributed by atoms with Gasteiger partial charge >= 0.3 is 12.1 Å². The first-order chi connectivity index (χ1) is 13.2. The SMILES string of the molecule is COC(=O)c1ccc(-c2ccc3c(c2)OCC3N(C)C(=O)OC(C)(C)C)cn1. The number of aromatic nitrogens is 1. The highest BCUT2D eigenvalue weighted by molar-refractivity contribution is 5.87. The van der Waals surface area contributed by atoms with Crippen molar-refractivity contribution < 1.29 is 23.8 Å². The molecule has 0 bridgehead atoms. The standard InChI is InChI=1S/C21H24N2O5/c1-21(2,3)28-20(25)23(4)17-12-27-18-10-13(6-8-15(17)18)14-7-9-16(22-11-14)19(24)26-5/h6-11,17H,12H2,1-5H3. The predicted octanol–water partition coefficient (Wildman–Crippen LogP) is 3.84. The Kier molecular flexibility index (Phi) is 5.27. The molecular weight excluding hydrogens is 360 g/mol. The lowest BCUT2D eigenvalue weighted by Crippen LogP contribution is -2.37. The van der Waals surface area contributed by atoms with Gasteiger partial charge in [0.2, 0.25) is 0 Å². The van der Waals surface area contributed by atoms with E-state index in [1.165, 1.54) is 7.11 Å². The normalized spacial score (nSPS) is 15.4. The molecule has 1 aliphatic heterocycles. The van der Waals surface area contributed by atoms with Crippen molar-refractivity contribution in [3.63, 3.8) is 0 Å². The average molecular weight is 384 g/mol. The van der Waals surface area contributed by atoms with E-state index in [1.54, 1.807) is 30.3 Å². The zero-order valence-corrected chi connectivity index (χ0v) is 16.7. The van der Waals surface area contributed by atoms with Gasteiger partial charge in [-0.25, -0.2) is 14.6 Å². The highest BCUT2D eigenvalue weighted by Gasteiger charge is 2.32. The van der Waals surface area contributed by atoms with Crippen LogP contribution in [0.25, 0.3) is 11.1 Å². The molecule has 3 rings (SSSR count). The lowest BCUT2D eigenvalue weighted by molar-refractivity contribution is 0.0201. The van der Waals surface area contributed by atoms with Gasteiger partial charge in [-0.15, -0.1) is 0 Å². The highest BCUT2D eigenvalue weighted by Crippen LogP contribution is 2.38. The molecule has 1 aromatic heterocycles. The van der Waals surface area contributed by atoms with Crippen molar-refractivity contribution in [1.82, 2.24) is 9.88 Å². The molecule has 0 radical (unpaired) electrons. The molecule has 7 heteroatoms. The summed E-state index contributed by atoms with van der Waals surface area (Å²) >= 11 is 0. The van der Waals surface area contributed by atoms with Crippen LogP contribution in [0.3, 0.4) is 0 Å². The first-order valence-electron chi connectivity index (χ1n) is 8.97. The van der Waals surface area contributed by atoms with Crippen molar-refractivity contribution in [3.05, 3.63) is 47.8 Å². The van der Waals surface area contributed by atoms with Crippen LogP contribution in [0, 0.1) is 0 Å². The van der Waals surface area contributed by atoms with Crippen molar-refractivity contribution in [3.8, 4) is 16.9 Å². The van der Waals surface area contributed by atoms with Crippen molar-refractivity contribution in [1.29, 1.82) is 0 Å². The maximum atomic E-state index is 12.4. The Balaban J connectivity index is 1.79. The van der Waals surface area contributed by atoms with E-state index >= 15 is 0 Å². The van der Waals surface area contributed by atoms with Crippen LogP contribution in [0.1, 0.15) is 42.9 Å². The number of benzene rings is 1. The number of carbonyl (C=O) groups is 2. The molecule has 2 heterocycles. The Bertz CT molecular complexity index is 887. The fourth-order valence-corrected chi connectivity index (χ4v) is 2.94. The molecule has 1 atom stereocenters. The minimum absolute atomic E-state index is 0.210. The molecule has 1 unspecified atom stereocenters. The summed E-state index contributed by atoms with van der Waals surface area (Å²) in [7, 11) is 3.03. The minimum atomic E-state index is -0.555. The summed E-state index contributed by atoms with van der Waals surface area (Å²) < 4.78 is 15.9. The summed E-state index contributed by atoms with van der Waals surface area (Å²) in [5, 5.41) is 0. The molecule has 0 spiro atoms. The molecule has 28 heavy (non-hydrogen) atoms. The summed E-state index contributed by atoms with van der Waals surface area (Å²) in [5.41, 5.74) is 2.38. The van der Waals surface area contributed by atoms with Crippen LogP contribution < -0.4 is 4.74 Å². The molecule has 0 aliphatic carbocycles. The zero-order chi connectivity index (χ0) is 20.5. The van der Waals surface area contributed by atoms with Crippen LogP contribution >= 0.6 is 0 Å². The number of carbonyl (C=O) groups excluding carboxylic acids is 2. The van der Waals surface area contributed by atoms with Gasteiger partial charge in [0, 0.05) is 24.4 Å². The summed E-state index contributed by atoms with van der Waals surface area (Å²) in [4.78, 5) is 29.6. The number of methoxy groups -OCH3 is 1. The highest BCUT2D eigenvalue weighted by atomic mass is 16.6. The first-order valence-corrected chi connectivity index (χ1v) is 8.97. The lowest BCUT2D eigenvalue weighted by atomic mass is 10.0. The van der Waals surface area contributed by atoms with Crippen LogP contribution in [0.5, 0.6) is 5.75 Å². The van der Waals surface area contributed by atoms with Crippen molar-refractivity contribution in [2.75, 3.05) is 20.8 Å². The molecule has 148 valence electrons. The van der Waals surface area contributed by atoms with Crippen LogP contribution in [-0.4, -0.2) is 48.3 Å². The number of fused-ring (bicyclic) bond motifs is 1. The third-order valence-corrected chi connectivity index (χ3v) is 4.41. The quantitative estimate of drug-likeness (QED) is 0.749. The molecule has 1 aromatic carbocycles. The largest absolute Gasteiger partial charge is 0.491 e. The molecule has 2 aromatic rings. The second-order valence-electron chi connectivity index (χ2n) is 7.59. The number of pyridine rings is 1. The maximum Gasteiger partial charge on any atom is 0.410 e. The third kappa shape index (κ3) is 4.08. The molecule has 7 nitrogen and oxygen atoms in total. The summed E-state index contributed by atoms with van der Waals surface area (Å²) in [6.07, 6.45) is 1.23. The number of amides is 1. The van der Waals surface area contributed by atoms with Crippen molar-refractivity contribution >= 4 is 12.1 Å². The van der Waals surface area contributed by atoms with Gasteiger partial charge in [-0.1, -0.05) is 18.2 Å². The number of esters is 1. The van der Waals surface area contributed by atoms with E-state index in [9.17, 15) is 9.59 Å². The zero-order valence-electron chi connectivity index (χ0n) is 16.7. The molecule has 1 aliphatic rings. The van der Waals surface area contributed by atoms with Crippen molar-refractivity contribution in [2.45, 2.75) is 32.4 Å². The molecule has 1 amide bonds. The summed E-state index contributed by atoms with van der Waals surface area (Å²) in [6.45, 7) is 5.88. The average Bonchev–Trinajstić information content (AvgIpc) is 3.08. The Morgan fingerprint density at radius 1 is 1.18 bits per heavy atom. The topological polar surface area (TPSA) is 78.0 Å². The van der Waals surface area contributed by atoms with E-state index in [0.29, 0.717) is 6.61 Å². The van der Waals surface area contributed by atoms with Gasteiger partial charge in [-0.3, -0.25) is 0 Å². The molecule has 0 N–H and O–H groups in total. The van der Waals surface area contributed by atoms with Crippen LogP contribution in [0.15, 0.2) is 36.5 Å². The monoisotopic (exact) mass is 384 g/mol. The van der Waals surface area contributed by atoms with Gasteiger partial charge < -0.3 is 19.1 Å². The Hall–Kier alpha value is -3.09. The number of nitrogens with zero attached hydrogens (tertiary/aromatic N) is 2. The fourth-order valence-electron chi connectivity index (χ4n) is 2.94. The van der Waals surface area contributed by atoms with E-state index in [1.807, 2.05) is 39.0 Å². The van der Waals surface area contributed by atoms with E-state index in [0.717, 1.165) is 22.4 Å².